The fourth-order valence-corrected chi connectivity index (χ4v) is 6.00. The summed E-state index contributed by atoms with van der Waals surface area (Å²) in [7, 11) is 0. The molecule has 0 aliphatic heterocycles. The number of thioether (sulfide) groups is 1. The molecule has 1 N–H and O–H groups in total. The smallest absolute Gasteiger partial charge is 0.243 e. The van der Waals surface area contributed by atoms with Crippen molar-refractivity contribution >= 4 is 46.8 Å². The van der Waals surface area contributed by atoms with Gasteiger partial charge in [0.25, 0.3) is 0 Å². The summed E-state index contributed by atoms with van der Waals surface area (Å²) in [4.78, 5) is 30.4. The van der Waals surface area contributed by atoms with Crippen LogP contribution in [0, 0.1) is 0 Å². The van der Waals surface area contributed by atoms with E-state index in [2.05, 4.69) is 5.32 Å². The van der Waals surface area contributed by atoms with Gasteiger partial charge in [0.1, 0.15) is 6.04 Å². The summed E-state index contributed by atoms with van der Waals surface area (Å²) in [5, 5.41) is 4.55. The average Bonchev–Trinajstić information content (AvgIpc) is 2.93. The first-order chi connectivity index (χ1) is 18.5. The second-order valence-corrected chi connectivity index (χ2v) is 11.7. The summed E-state index contributed by atoms with van der Waals surface area (Å²) in [6.45, 7) is 0.277. The van der Waals surface area contributed by atoms with Crippen LogP contribution in [-0.4, -0.2) is 34.6 Å². The van der Waals surface area contributed by atoms with E-state index in [-0.39, 0.29) is 24.4 Å². The zero-order valence-corrected chi connectivity index (χ0v) is 23.8. The molecule has 1 atom stereocenters. The summed E-state index contributed by atoms with van der Waals surface area (Å²) in [6, 6.07) is 24.6. The van der Waals surface area contributed by atoms with E-state index in [0.29, 0.717) is 28.6 Å². The Kier molecular flexibility index (Phi) is 11.0. The first-order valence-corrected chi connectivity index (χ1v) is 15.0. The number of hydrogen-bond acceptors (Lipinski definition) is 3. The molecule has 38 heavy (non-hydrogen) atoms. The minimum absolute atomic E-state index is 0.0638. The van der Waals surface area contributed by atoms with Gasteiger partial charge >= 0.3 is 0 Å². The van der Waals surface area contributed by atoms with Crippen LogP contribution in [0.1, 0.15) is 49.7 Å². The molecule has 1 unspecified atom stereocenters. The Labute approximate surface area is 240 Å². The van der Waals surface area contributed by atoms with Gasteiger partial charge in [-0.2, -0.15) is 0 Å². The van der Waals surface area contributed by atoms with Gasteiger partial charge in [-0.25, -0.2) is 0 Å². The van der Waals surface area contributed by atoms with Crippen LogP contribution in [0.4, 0.5) is 0 Å². The van der Waals surface area contributed by atoms with Crippen molar-refractivity contribution in [3.63, 3.8) is 0 Å². The molecular weight excluding hydrogens is 535 g/mol. The largest absolute Gasteiger partial charge is 0.352 e. The second kappa shape index (κ2) is 14.6. The molecule has 1 aliphatic carbocycles. The van der Waals surface area contributed by atoms with Gasteiger partial charge in [0.2, 0.25) is 11.8 Å². The van der Waals surface area contributed by atoms with Gasteiger partial charge in [0.05, 0.1) is 0 Å². The zero-order chi connectivity index (χ0) is 26.7. The third-order valence-corrected chi connectivity index (χ3v) is 8.55. The van der Waals surface area contributed by atoms with E-state index in [0.717, 1.165) is 41.7 Å². The standard InChI is InChI=1S/C31H34Cl2N2O2S/c32-25-15-17-27(18-16-25)38-20-19-30(36)35(22-24-11-7-8-14-28(24)33)29(21-23-9-3-1-4-10-23)31(37)34-26-12-5-2-6-13-26/h1,3-4,7-11,14-18,26,29H,2,5-6,12-13,19-22H2,(H,34,37). The van der Waals surface area contributed by atoms with Crippen molar-refractivity contribution in [3.8, 4) is 0 Å². The van der Waals surface area contributed by atoms with Crippen LogP contribution in [0.5, 0.6) is 0 Å². The molecule has 0 bridgehead atoms. The number of nitrogens with zero attached hydrogens (tertiary/aromatic N) is 1. The maximum Gasteiger partial charge on any atom is 0.243 e. The maximum absolute atomic E-state index is 13.8. The maximum atomic E-state index is 13.8. The van der Waals surface area contributed by atoms with Crippen LogP contribution in [0.15, 0.2) is 83.8 Å². The van der Waals surface area contributed by atoms with Crippen LogP contribution < -0.4 is 5.32 Å². The fraction of sp³-hybridized carbons (Fsp3) is 0.355. The van der Waals surface area contributed by atoms with Crippen molar-refractivity contribution in [2.75, 3.05) is 5.75 Å². The first kappa shape index (κ1) is 28.5. The van der Waals surface area contributed by atoms with Gasteiger partial charge in [-0.1, -0.05) is 91.0 Å². The van der Waals surface area contributed by atoms with Gasteiger partial charge in [0.15, 0.2) is 0 Å². The number of rotatable bonds is 11. The summed E-state index contributed by atoms with van der Waals surface area (Å²) < 4.78 is 0. The molecule has 1 saturated carbocycles. The summed E-state index contributed by atoms with van der Waals surface area (Å²) in [5.74, 6) is 0.444. The van der Waals surface area contributed by atoms with Crippen molar-refractivity contribution in [1.82, 2.24) is 10.2 Å². The number of nitrogens with one attached hydrogen (secondary N) is 1. The summed E-state index contributed by atoms with van der Waals surface area (Å²) in [5.41, 5.74) is 1.85. The Morgan fingerprint density at radius 2 is 1.58 bits per heavy atom. The molecule has 3 aromatic carbocycles. The topological polar surface area (TPSA) is 49.4 Å². The van der Waals surface area contributed by atoms with E-state index < -0.39 is 6.04 Å². The fourth-order valence-electron chi connectivity index (χ4n) is 4.84. The molecule has 200 valence electrons. The Morgan fingerprint density at radius 3 is 2.29 bits per heavy atom. The second-order valence-electron chi connectivity index (χ2n) is 9.71. The zero-order valence-electron chi connectivity index (χ0n) is 21.5. The van der Waals surface area contributed by atoms with Crippen LogP contribution in [0.3, 0.4) is 0 Å². The lowest BCUT2D eigenvalue weighted by Crippen LogP contribution is -2.53. The van der Waals surface area contributed by atoms with E-state index in [1.165, 1.54) is 6.42 Å². The first-order valence-electron chi connectivity index (χ1n) is 13.2. The molecular formula is C31H34Cl2N2O2S. The summed E-state index contributed by atoms with van der Waals surface area (Å²) >= 11 is 14.1. The molecule has 0 spiro atoms. The van der Waals surface area contributed by atoms with Crippen LogP contribution in [0.25, 0.3) is 0 Å². The molecule has 4 nitrogen and oxygen atoms in total. The molecule has 3 aromatic rings. The Bertz CT molecular complexity index is 1180. The SMILES string of the molecule is O=C(NC1CCCCC1)C(Cc1ccccc1)N(Cc1ccccc1Cl)C(=O)CCSc1ccc(Cl)cc1. The summed E-state index contributed by atoms with van der Waals surface area (Å²) in [6.07, 6.45) is 6.18. The Hall–Kier alpha value is -2.47. The predicted octanol–water partition coefficient (Wildman–Crippen LogP) is 7.56. The molecule has 0 aromatic heterocycles. The lowest BCUT2D eigenvalue weighted by Gasteiger charge is -2.33. The molecule has 2 amide bonds. The molecule has 7 heteroatoms. The van der Waals surface area contributed by atoms with Gasteiger partial charge in [-0.05, 0) is 54.3 Å². The highest BCUT2D eigenvalue weighted by Crippen LogP contribution is 2.25. The molecule has 1 aliphatic rings. The molecule has 1 fully saturated rings. The lowest BCUT2D eigenvalue weighted by molar-refractivity contribution is -0.141. The number of carbonyl (C=O) groups excluding carboxylic acids is 2. The third-order valence-electron chi connectivity index (χ3n) is 6.92. The van der Waals surface area contributed by atoms with E-state index >= 15 is 0 Å². The molecule has 0 radical (unpaired) electrons. The van der Waals surface area contributed by atoms with E-state index in [9.17, 15) is 9.59 Å². The van der Waals surface area contributed by atoms with Crippen molar-refractivity contribution in [3.05, 3.63) is 100 Å². The normalized spacial score (nSPS) is 14.6. The van der Waals surface area contributed by atoms with Crippen LogP contribution in [0.2, 0.25) is 10.0 Å². The minimum Gasteiger partial charge on any atom is -0.352 e. The molecule has 4 rings (SSSR count). The van der Waals surface area contributed by atoms with E-state index in [1.54, 1.807) is 16.7 Å². The van der Waals surface area contributed by atoms with E-state index in [4.69, 9.17) is 23.2 Å². The van der Waals surface area contributed by atoms with Crippen LogP contribution in [-0.2, 0) is 22.6 Å². The lowest BCUT2D eigenvalue weighted by atomic mass is 9.94. The van der Waals surface area contributed by atoms with Gasteiger partial charge in [-0.15, -0.1) is 11.8 Å². The highest BCUT2D eigenvalue weighted by Gasteiger charge is 2.32. The van der Waals surface area contributed by atoms with Gasteiger partial charge in [0, 0.05) is 46.1 Å². The van der Waals surface area contributed by atoms with Crippen molar-refractivity contribution < 1.29 is 9.59 Å². The van der Waals surface area contributed by atoms with Gasteiger partial charge < -0.3 is 10.2 Å². The Balaban J connectivity index is 1.56. The third kappa shape index (κ3) is 8.52. The van der Waals surface area contributed by atoms with Crippen molar-refractivity contribution in [1.29, 1.82) is 0 Å². The highest BCUT2D eigenvalue weighted by atomic mass is 35.5. The molecule has 0 saturated heterocycles. The van der Waals surface area contributed by atoms with Crippen molar-refractivity contribution in [2.24, 2.45) is 0 Å². The number of hydrogen-bond donors (Lipinski definition) is 1. The minimum atomic E-state index is -0.636. The Morgan fingerprint density at radius 1 is 0.895 bits per heavy atom. The highest BCUT2D eigenvalue weighted by molar-refractivity contribution is 7.99. The number of amides is 2. The number of carbonyl (C=O) groups is 2. The monoisotopic (exact) mass is 568 g/mol. The van der Waals surface area contributed by atoms with E-state index in [1.807, 2.05) is 78.9 Å². The molecule has 0 heterocycles. The quantitative estimate of drug-likeness (QED) is 0.243. The van der Waals surface area contributed by atoms with Crippen LogP contribution >= 0.6 is 35.0 Å². The van der Waals surface area contributed by atoms with Gasteiger partial charge in [-0.3, -0.25) is 9.59 Å². The number of benzene rings is 3. The van der Waals surface area contributed by atoms with Crippen molar-refractivity contribution in [2.45, 2.75) is 68.5 Å². The predicted molar refractivity (Wildman–Crippen MR) is 158 cm³/mol. The number of halogens is 2. The average molecular weight is 570 g/mol.